The largest absolute Gasteiger partial charge is 0.739 e. The standard InChI is InChI=1S/C15H14N5O3/c1-15(2)7-13(19-4-3-9(16)8-20(19)21)10-5-11-12(18-23-17-11)6-14(10)22-15/h3-8H,16H2,1-2H3/q-1. The first-order valence-corrected chi connectivity index (χ1v) is 7.02. The zero-order chi connectivity index (χ0) is 16.2. The second kappa shape index (κ2) is 4.50. The molecule has 118 valence electrons. The molecule has 0 saturated carbocycles. The van der Waals surface area contributed by atoms with Gasteiger partial charge in [-0.25, -0.2) is 4.63 Å². The first-order valence-electron chi connectivity index (χ1n) is 7.02. The van der Waals surface area contributed by atoms with Crippen LogP contribution >= 0.6 is 0 Å². The number of hydrogen-bond donors (Lipinski definition) is 1. The number of hydroxylamine groups is 1. The van der Waals surface area contributed by atoms with Crippen molar-refractivity contribution in [2.45, 2.75) is 19.4 Å². The highest BCUT2D eigenvalue weighted by Gasteiger charge is 2.30. The number of rotatable bonds is 1. The van der Waals surface area contributed by atoms with Gasteiger partial charge in [0.2, 0.25) is 0 Å². The Labute approximate surface area is 131 Å². The van der Waals surface area contributed by atoms with Gasteiger partial charge < -0.3 is 20.9 Å². The molecule has 0 fully saturated rings. The summed E-state index contributed by atoms with van der Waals surface area (Å²) in [6.45, 7) is 3.82. The van der Waals surface area contributed by atoms with Gasteiger partial charge in [-0.1, -0.05) is 0 Å². The SMILES string of the molecule is CC1(C)C=C(N2C=CC(N)=CN2[O-])c2cc3nonc3cc2O1. The van der Waals surface area contributed by atoms with E-state index in [1.165, 1.54) is 11.2 Å². The predicted octanol–water partition coefficient (Wildman–Crippen LogP) is 2.08. The molecule has 0 amide bonds. The molecule has 2 aliphatic rings. The molecule has 0 saturated heterocycles. The topological polar surface area (TPSA) is 104 Å². The minimum Gasteiger partial charge on any atom is -0.739 e. The molecule has 23 heavy (non-hydrogen) atoms. The summed E-state index contributed by atoms with van der Waals surface area (Å²) in [5, 5.41) is 22.1. The molecule has 1 aromatic heterocycles. The summed E-state index contributed by atoms with van der Waals surface area (Å²) >= 11 is 0. The van der Waals surface area contributed by atoms with Crippen LogP contribution < -0.4 is 10.5 Å². The minimum atomic E-state index is -0.589. The van der Waals surface area contributed by atoms with Crippen molar-refractivity contribution in [3.63, 3.8) is 0 Å². The summed E-state index contributed by atoms with van der Waals surface area (Å²) < 4.78 is 10.7. The molecule has 0 atom stereocenters. The van der Waals surface area contributed by atoms with Crippen molar-refractivity contribution in [2.24, 2.45) is 5.73 Å². The summed E-state index contributed by atoms with van der Waals surface area (Å²) in [4.78, 5) is 0. The molecule has 4 rings (SSSR count). The van der Waals surface area contributed by atoms with E-state index in [1.807, 2.05) is 19.9 Å². The maximum atomic E-state index is 12.2. The molecule has 0 unspecified atom stereocenters. The highest BCUT2D eigenvalue weighted by atomic mass is 16.6. The lowest BCUT2D eigenvalue weighted by atomic mass is 9.98. The fourth-order valence-corrected chi connectivity index (χ4v) is 2.65. The molecule has 0 spiro atoms. The van der Waals surface area contributed by atoms with E-state index >= 15 is 0 Å². The van der Waals surface area contributed by atoms with Crippen LogP contribution in [0.15, 0.2) is 47.0 Å². The number of nitrogens with zero attached hydrogens (tertiary/aromatic N) is 4. The monoisotopic (exact) mass is 312 g/mol. The van der Waals surface area contributed by atoms with E-state index in [0.29, 0.717) is 33.3 Å². The minimum absolute atomic E-state index is 0.388. The molecule has 2 aliphatic heterocycles. The number of hydrazine groups is 1. The predicted molar refractivity (Wildman–Crippen MR) is 82.9 cm³/mol. The van der Waals surface area contributed by atoms with Crippen LogP contribution in [0.5, 0.6) is 5.75 Å². The van der Waals surface area contributed by atoms with Crippen molar-refractivity contribution in [2.75, 3.05) is 0 Å². The van der Waals surface area contributed by atoms with E-state index in [9.17, 15) is 5.21 Å². The Morgan fingerprint density at radius 1 is 1.22 bits per heavy atom. The van der Waals surface area contributed by atoms with Crippen LogP contribution in [0.4, 0.5) is 0 Å². The molecule has 8 nitrogen and oxygen atoms in total. The number of allylic oxidation sites excluding steroid dienone is 1. The quantitative estimate of drug-likeness (QED) is 0.853. The van der Waals surface area contributed by atoms with Crippen molar-refractivity contribution >= 4 is 16.7 Å². The summed E-state index contributed by atoms with van der Waals surface area (Å²) in [6, 6.07) is 3.54. The number of ether oxygens (including phenoxy) is 1. The maximum absolute atomic E-state index is 12.2. The van der Waals surface area contributed by atoms with Gasteiger partial charge in [0, 0.05) is 24.0 Å². The van der Waals surface area contributed by atoms with Crippen LogP contribution in [-0.2, 0) is 0 Å². The summed E-state index contributed by atoms with van der Waals surface area (Å²) in [5.41, 5.74) is 8.05. The smallest absolute Gasteiger partial charge is 0.138 e. The van der Waals surface area contributed by atoms with E-state index in [4.69, 9.17) is 15.1 Å². The zero-order valence-electron chi connectivity index (χ0n) is 12.6. The van der Waals surface area contributed by atoms with Crippen molar-refractivity contribution in [1.82, 2.24) is 20.5 Å². The van der Waals surface area contributed by atoms with Gasteiger partial charge in [-0.2, -0.15) is 0 Å². The van der Waals surface area contributed by atoms with Crippen LogP contribution in [0.2, 0.25) is 0 Å². The van der Waals surface area contributed by atoms with Crippen molar-refractivity contribution < 1.29 is 9.37 Å². The van der Waals surface area contributed by atoms with Crippen LogP contribution in [0.1, 0.15) is 19.4 Å². The molecule has 8 heteroatoms. The van der Waals surface area contributed by atoms with Gasteiger partial charge in [-0.05, 0) is 42.4 Å². The van der Waals surface area contributed by atoms with Crippen LogP contribution in [0.25, 0.3) is 16.7 Å². The van der Waals surface area contributed by atoms with Crippen LogP contribution in [0, 0.1) is 5.21 Å². The summed E-state index contributed by atoms with van der Waals surface area (Å²) in [5.74, 6) is 0.611. The third-order valence-corrected chi connectivity index (χ3v) is 3.62. The Bertz CT molecular complexity index is 880. The molecule has 1 aromatic carbocycles. The molecule has 0 radical (unpaired) electrons. The number of fused-ring (bicyclic) bond motifs is 2. The Morgan fingerprint density at radius 3 is 2.70 bits per heavy atom. The van der Waals surface area contributed by atoms with Gasteiger partial charge in [0.15, 0.2) is 0 Å². The van der Waals surface area contributed by atoms with Crippen LogP contribution in [0.3, 0.4) is 0 Å². The second-order valence-corrected chi connectivity index (χ2v) is 5.93. The molecule has 2 N–H and O–H groups in total. The fraction of sp³-hybridized carbons (Fsp3) is 0.200. The Morgan fingerprint density at radius 2 is 1.96 bits per heavy atom. The lowest BCUT2D eigenvalue weighted by Crippen LogP contribution is -2.37. The van der Waals surface area contributed by atoms with Gasteiger partial charge in [-0.15, -0.1) is 0 Å². The van der Waals surface area contributed by atoms with Crippen molar-refractivity contribution in [3.8, 4) is 5.75 Å². The number of benzene rings is 1. The lowest BCUT2D eigenvalue weighted by Gasteiger charge is -2.44. The van der Waals surface area contributed by atoms with E-state index in [2.05, 4.69) is 10.3 Å². The van der Waals surface area contributed by atoms with E-state index < -0.39 is 5.60 Å². The van der Waals surface area contributed by atoms with Crippen LogP contribution in [-0.4, -0.2) is 26.1 Å². The third kappa shape index (κ3) is 2.20. The average Bonchev–Trinajstić information content (AvgIpc) is 2.91. The van der Waals surface area contributed by atoms with Gasteiger partial charge in [0.1, 0.15) is 22.4 Å². The average molecular weight is 312 g/mol. The molecule has 0 aliphatic carbocycles. The molecular weight excluding hydrogens is 298 g/mol. The van der Waals surface area contributed by atoms with Gasteiger partial charge in [-0.3, -0.25) is 5.01 Å². The number of hydrogen-bond acceptors (Lipinski definition) is 8. The lowest BCUT2D eigenvalue weighted by molar-refractivity contribution is 0.146. The fourth-order valence-electron chi connectivity index (χ4n) is 2.65. The molecular formula is C15H14N5O3-. The van der Waals surface area contributed by atoms with E-state index in [-0.39, 0.29) is 0 Å². The molecule has 3 heterocycles. The van der Waals surface area contributed by atoms with E-state index in [0.717, 1.165) is 5.56 Å². The Kier molecular flexibility index (Phi) is 2.67. The zero-order valence-corrected chi connectivity index (χ0v) is 12.6. The second-order valence-electron chi connectivity index (χ2n) is 5.93. The first kappa shape index (κ1) is 13.6. The first-order chi connectivity index (χ1) is 10.9. The Balaban J connectivity index is 1.88. The van der Waals surface area contributed by atoms with Crippen molar-refractivity contribution in [3.05, 3.63) is 53.2 Å². The number of nitrogens with two attached hydrogens (primary N) is 1. The van der Waals surface area contributed by atoms with E-state index in [1.54, 1.807) is 24.4 Å². The molecule has 0 bridgehead atoms. The van der Waals surface area contributed by atoms with Gasteiger partial charge in [0.05, 0.1) is 11.4 Å². The maximum Gasteiger partial charge on any atom is 0.138 e. The van der Waals surface area contributed by atoms with Gasteiger partial charge >= 0.3 is 0 Å². The van der Waals surface area contributed by atoms with Crippen molar-refractivity contribution in [1.29, 1.82) is 0 Å². The highest BCUT2D eigenvalue weighted by molar-refractivity contribution is 5.84. The third-order valence-electron chi connectivity index (χ3n) is 3.62. The number of aromatic nitrogens is 2. The molecule has 2 aromatic rings. The highest BCUT2D eigenvalue weighted by Crippen LogP contribution is 2.40. The summed E-state index contributed by atoms with van der Waals surface area (Å²) in [6.07, 6.45) is 6.45. The normalized spacial score (nSPS) is 19.3. The van der Waals surface area contributed by atoms with Gasteiger partial charge in [0.25, 0.3) is 0 Å². The summed E-state index contributed by atoms with van der Waals surface area (Å²) in [7, 11) is 0. The Hall–Kier alpha value is -3.00.